The molecule has 4 nitrogen and oxygen atoms in total. The first-order chi connectivity index (χ1) is 9.70. The first kappa shape index (κ1) is 14.6. The minimum absolute atomic E-state index is 0.0608. The second-order valence-electron chi connectivity index (χ2n) is 5.13. The summed E-state index contributed by atoms with van der Waals surface area (Å²) in [4.78, 5) is 23.8. The smallest absolute Gasteiger partial charge is 0.338 e. The lowest BCUT2D eigenvalue weighted by Gasteiger charge is -2.20. The highest BCUT2D eigenvalue weighted by Crippen LogP contribution is 2.25. The van der Waals surface area contributed by atoms with Gasteiger partial charge in [0, 0.05) is 11.6 Å². The second-order valence-corrected chi connectivity index (χ2v) is 5.13. The zero-order chi connectivity index (χ0) is 14.4. The Morgan fingerprint density at radius 3 is 2.70 bits per heavy atom. The van der Waals surface area contributed by atoms with Gasteiger partial charge in [-0.05, 0) is 38.0 Å². The Kier molecular flexibility index (Phi) is 5.16. The van der Waals surface area contributed by atoms with E-state index in [9.17, 15) is 9.59 Å². The number of carbonyl (C=O) groups excluding carboxylic acids is 2. The molecule has 20 heavy (non-hydrogen) atoms. The number of benzene rings is 1. The van der Waals surface area contributed by atoms with Crippen molar-refractivity contribution in [3.05, 3.63) is 29.8 Å². The zero-order valence-corrected chi connectivity index (χ0v) is 11.9. The minimum Gasteiger partial charge on any atom is -0.462 e. The van der Waals surface area contributed by atoms with E-state index in [-0.39, 0.29) is 17.8 Å². The normalized spacial score (nSPS) is 15.7. The van der Waals surface area contributed by atoms with Crippen molar-refractivity contribution in [3.63, 3.8) is 0 Å². The van der Waals surface area contributed by atoms with Crippen molar-refractivity contribution in [1.82, 2.24) is 0 Å². The second kappa shape index (κ2) is 7.08. The van der Waals surface area contributed by atoms with Crippen LogP contribution in [-0.4, -0.2) is 18.5 Å². The van der Waals surface area contributed by atoms with Crippen molar-refractivity contribution >= 4 is 17.6 Å². The molecule has 1 saturated carbocycles. The molecule has 4 heteroatoms. The molecule has 0 aromatic heterocycles. The summed E-state index contributed by atoms with van der Waals surface area (Å²) in [7, 11) is 0. The monoisotopic (exact) mass is 275 g/mol. The van der Waals surface area contributed by atoms with Crippen molar-refractivity contribution in [2.45, 2.75) is 39.0 Å². The van der Waals surface area contributed by atoms with Gasteiger partial charge in [-0.15, -0.1) is 0 Å². The largest absolute Gasteiger partial charge is 0.462 e. The first-order valence-corrected chi connectivity index (χ1v) is 7.28. The van der Waals surface area contributed by atoms with Gasteiger partial charge in [0.25, 0.3) is 0 Å². The molecule has 1 N–H and O–H groups in total. The number of hydrogen-bond donors (Lipinski definition) is 1. The fraction of sp³-hybridized carbons (Fsp3) is 0.500. The van der Waals surface area contributed by atoms with Crippen LogP contribution in [0.15, 0.2) is 24.3 Å². The SMILES string of the molecule is CCOC(=O)c1cccc(NC(=O)C2CCCCC2)c1. The van der Waals surface area contributed by atoms with Crippen LogP contribution < -0.4 is 5.32 Å². The Hall–Kier alpha value is -1.84. The molecule has 1 aromatic rings. The van der Waals surface area contributed by atoms with Crippen LogP contribution in [0.3, 0.4) is 0 Å². The molecule has 0 bridgehead atoms. The highest BCUT2D eigenvalue weighted by atomic mass is 16.5. The maximum Gasteiger partial charge on any atom is 0.338 e. The number of amides is 1. The third-order valence-corrected chi connectivity index (χ3v) is 3.62. The van der Waals surface area contributed by atoms with Crippen molar-refractivity contribution in [3.8, 4) is 0 Å². The number of nitrogens with one attached hydrogen (secondary N) is 1. The van der Waals surface area contributed by atoms with Gasteiger partial charge >= 0.3 is 5.97 Å². The molecule has 0 radical (unpaired) electrons. The van der Waals surface area contributed by atoms with Crippen LogP contribution in [0.25, 0.3) is 0 Å². The summed E-state index contributed by atoms with van der Waals surface area (Å²) in [5, 5.41) is 2.90. The molecule has 0 saturated heterocycles. The summed E-state index contributed by atoms with van der Waals surface area (Å²) >= 11 is 0. The number of anilines is 1. The van der Waals surface area contributed by atoms with E-state index in [1.807, 2.05) is 0 Å². The summed E-state index contributed by atoms with van der Waals surface area (Å²) in [6.07, 6.45) is 5.40. The molecule has 2 rings (SSSR count). The molecule has 0 unspecified atom stereocenters. The van der Waals surface area contributed by atoms with Gasteiger partial charge in [0.05, 0.1) is 12.2 Å². The van der Waals surface area contributed by atoms with Gasteiger partial charge < -0.3 is 10.1 Å². The molecule has 1 amide bonds. The molecule has 1 aromatic carbocycles. The maximum atomic E-state index is 12.1. The molecule has 1 aliphatic rings. The average molecular weight is 275 g/mol. The van der Waals surface area contributed by atoms with Gasteiger partial charge in [0.15, 0.2) is 0 Å². The van der Waals surface area contributed by atoms with E-state index in [0.717, 1.165) is 25.7 Å². The molecular formula is C16H21NO3. The number of ether oxygens (including phenoxy) is 1. The Bertz CT molecular complexity index is 478. The highest BCUT2D eigenvalue weighted by molar-refractivity contribution is 5.95. The topological polar surface area (TPSA) is 55.4 Å². The Labute approximate surface area is 119 Å². The van der Waals surface area contributed by atoms with E-state index in [2.05, 4.69) is 5.32 Å². The van der Waals surface area contributed by atoms with Crippen LogP contribution in [0.5, 0.6) is 0 Å². The van der Waals surface area contributed by atoms with Gasteiger partial charge in [0.1, 0.15) is 0 Å². The number of esters is 1. The van der Waals surface area contributed by atoms with Gasteiger partial charge in [-0.2, -0.15) is 0 Å². The molecule has 0 spiro atoms. The predicted molar refractivity (Wildman–Crippen MR) is 77.6 cm³/mol. The van der Waals surface area contributed by atoms with E-state index in [1.165, 1.54) is 6.42 Å². The quantitative estimate of drug-likeness (QED) is 0.857. The Morgan fingerprint density at radius 1 is 1.25 bits per heavy atom. The lowest BCUT2D eigenvalue weighted by atomic mass is 9.88. The predicted octanol–water partition coefficient (Wildman–Crippen LogP) is 3.38. The van der Waals surface area contributed by atoms with Crippen molar-refractivity contribution in [1.29, 1.82) is 0 Å². The van der Waals surface area contributed by atoms with Crippen molar-refractivity contribution in [2.24, 2.45) is 5.92 Å². The highest BCUT2D eigenvalue weighted by Gasteiger charge is 2.21. The third kappa shape index (κ3) is 3.83. The fourth-order valence-corrected chi connectivity index (χ4v) is 2.55. The standard InChI is InChI=1S/C16H21NO3/c1-2-20-16(19)13-9-6-10-14(11-13)17-15(18)12-7-4-3-5-8-12/h6,9-12H,2-5,7-8H2,1H3,(H,17,18). The van der Waals surface area contributed by atoms with Crippen molar-refractivity contribution < 1.29 is 14.3 Å². The number of carbonyl (C=O) groups is 2. The van der Waals surface area contributed by atoms with Gasteiger partial charge in [-0.3, -0.25) is 4.79 Å². The summed E-state index contributed by atoms with van der Waals surface area (Å²) in [5.74, 6) is -0.193. The third-order valence-electron chi connectivity index (χ3n) is 3.62. The van der Waals surface area contributed by atoms with Crippen LogP contribution in [0.4, 0.5) is 5.69 Å². The van der Waals surface area contributed by atoms with E-state index in [1.54, 1.807) is 31.2 Å². The van der Waals surface area contributed by atoms with E-state index < -0.39 is 0 Å². The van der Waals surface area contributed by atoms with E-state index >= 15 is 0 Å². The van der Waals surface area contributed by atoms with Crippen LogP contribution in [0, 0.1) is 5.92 Å². The average Bonchev–Trinajstić information content (AvgIpc) is 2.48. The molecule has 0 heterocycles. The van der Waals surface area contributed by atoms with Crippen LogP contribution in [-0.2, 0) is 9.53 Å². The molecular weight excluding hydrogens is 254 g/mol. The molecule has 0 aliphatic heterocycles. The molecule has 108 valence electrons. The van der Waals surface area contributed by atoms with Crippen molar-refractivity contribution in [2.75, 3.05) is 11.9 Å². The fourth-order valence-electron chi connectivity index (χ4n) is 2.55. The van der Waals surface area contributed by atoms with Gasteiger partial charge in [-0.25, -0.2) is 4.79 Å². The van der Waals surface area contributed by atoms with Gasteiger partial charge in [0.2, 0.25) is 5.91 Å². The summed E-state index contributed by atoms with van der Waals surface area (Å²) in [5.41, 5.74) is 1.12. The summed E-state index contributed by atoms with van der Waals surface area (Å²) in [6, 6.07) is 6.90. The first-order valence-electron chi connectivity index (χ1n) is 7.28. The summed E-state index contributed by atoms with van der Waals surface area (Å²) in [6.45, 7) is 2.12. The van der Waals surface area contributed by atoms with Crippen LogP contribution in [0.1, 0.15) is 49.4 Å². The maximum absolute atomic E-state index is 12.1. The van der Waals surface area contributed by atoms with Gasteiger partial charge in [-0.1, -0.05) is 25.3 Å². The van der Waals surface area contributed by atoms with Crippen LogP contribution >= 0.6 is 0 Å². The lowest BCUT2D eigenvalue weighted by molar-refractivity contribution is -0.120. The van der Waals surface area contributed by atoms with E-state index in [4.69, 9.17) is 4.74 Å². The number of rotatable bonds is 4. The zero-order valence-electron chi connectivity index (χ0n) is 11.9. The molecule has 1 fully saturated rings. The Morgan fingerprint density at radius 2 is 2.00 bits per heavy atom. The minimum atomic E-state index is -0.360. The van der Waals surface area contributed by atoms with E-state index in [0.29, 0.717) is 17.9 Å². The molecule has 1 aliphatic carbocycles. The number of hydrogen-bond acceptors (Lipinski definition) is 3. The molecule has 0 atom stereocenters. The van der Waals surface area contributed by atoms with Crippen LogP contribution in [0.2, 0.25) is 0 Å². The Balaban J connectivity index is 2.00. The summed E-state index contributed by atoms with van der Waals surface area (Å²) < 4.78 is 4.95. The lowest BCUT2D eigenvalue weighted by Crippen LogP contribution is -2.24.